The number of ether oxygens (including phenoxy) is 5. The standard InChI is InChI=1S/C22H34O7/c1-2-3-4-5-6-22(24)29-18-16-27-14-12-25-11-13-26-15-17-28-21-9-7-20(19-23)8-10-21/h7-10,19H,2-6,11-18H2,1H3. The summed E-state index contributed by atoms with van der Waals surface area (Å²) in [6, 6.07) is 6.91. The Morgan fingerprint density at radius 2 is 1.38 bits per heavy atom. The Bertz CT molecular complexity index is 530. The van der Waals surface area contributed by atoms with Crippen LogP contribution in [-0.4, -0.2) is 65.1 Å². The molecule has 0 radical (unpaired) electrons. The van der Waals surface area contributed by atoms with Crippen molar-refractivity contribution in [2.24, 2.45) is 0 Å². The Kier molecular flexibility index (Phi) is 15.6. The van der Waals surface area contributed by atoms with Crippen LogP contribution in [0.3, 0.4) is 0 Å². The van der Waals surface area contributed by atoms with Crippen molar-refractivity contribution in [1.29, 1.82) is 0 Å². The van der Waals surface area contributed by atoms with Gasteiger partial charge in [-0.2, -0.15) is 0 Å². The molecule has 1 rings (SSSR count). The van der Waals surface area contributed by atoms with Crippen molar-refractivity contribution < 1.29 is 33.3 Å². The quantitative estimate of drug-likeness (QED) is 0.196. The van der Waals surface area contributed by atoms with Gasteiger partial charge in [0.15, 0.2) is 0 Å². The molecule has 0 aliphatic carbocycles. The van der Waals surface area contributed by atoms with Crippen LogP contribution < -0.4 is 4.74 Å². The lowest BCUT2D eigenvalue weighted by Gasteiger charge is -2.08. The van der Waals surface area contributed by atoms with Crippen LogP contribution in [0.4, 0.5) is 0 Å². The third kappa shape index (κ3) is 14.7. The molecule has 0 heterocycles. The molecule has 0 bridgehead atoms. The predicted molar refractivity (Wildman–Crippen MR) is 109 cm³/mol. The third-order valence-electron chi connectivity index (χ3n) is 3.98. The van der Waals surface area contributed by atoms with Crippen molar-refractivity contribution in [2.75, 3.05) is 52.9 Å². The summed E-state index contributed by atoms with van der Waals surface area (Å²) in [5, 5.41) is 0. The van der Waals surface area contributed by atoms with Crippen molar-refractivity contribution in [3.63, 3.8) is 0 Å². The van der Waals surface area contributed by atoms with Gasteiger partial charge >= 0.3 is 5.97 Å². The number of unbranched alkanes of at least 4 members (excludes halogenated alkanes) is 3. The summed E-state index contributed by atoms with van der Waals surface area (Å²) < 4.78 is 26.8. The van der Waals surface area contributed by atoms with Gasteiger partial charge in [-0.25, -0.2) is 0 Å². The van der Waals surface area contributed by atoms with Gasteiger partial charge in [-0.15, -0.1) is 0 Å². The molecular formula is C22H34O7. The highest BCUT2D eigenvalue weighted by atomic mass is 16.6. The lowest BCUT2D eigenvalue weighted by Crippen LogP contribution is -2.14. The van der Waals surface area contributed by atoms with Gasteiger partial charge < -0.3 is 23.7 Å². The molecule has 0 saturated heterocycles. The van der Waals surface area contributed by atoms with E-state index in [0.29, 0.717) is 64.0 Å². The van der Waals surface area contributed by atoms with Crippen molar-refractivity contribution in [3.05, 3.63) is 29.8 Å². The molecule has 0 aromatic heterocycles. The first-order valence-electron chi connectivity index (χ1n) is 10.3. The SMILES string of the molecule is CCCCCCC(=O)OCCOCCOCCOCCOc1ccc(C=O)cc1. The normalized spacial score (nSPS) is 10.7. The van der Waals surface area contributed by atoms with Crippen LogP contribution in [0.15, 0.2) is 24.3 Å². The summed E-state index contributed by atoms with van der Waals surface area (Å²) in [5.41, 5.74) is 0.619. The molecule has 164 valence electrons. The monoisotopic (exact) mass is 410 g/mol. The molecule has 0 saturated carbocycles. The molecule has 0 aliphatic rings. The molecule has 7 nitrogen and oxygen atoms in total. The van der Waals surface area contributed by atoms with Gasteiger partial charge in [-0.3, -0.25) is 9.59 Å². The zero-order valence-electron chi connectivity index (χ0n) is 17.4. The van der Waals surface area contributed by atoms with E-state index in [1.807, 2.05) is 0 Å². The molecular weight excluding hydrogens is 376 g/mol. The van der Waals surface area contributed by atoms with Gasteiger partial charge in [-0.05, 0) is 30.7 Å². The van der Waals surface area contributed by atoms with Crippen molar-refractivity contribution in [2.45, 2.75) is 39.0 Å². The maximum absolute atomic E-state index is 11.5. The molecule has 1 aromatic rings. The van der Waals surface area contributed by atoms with Crippen LogP contribution in [-0.2, 0) is 23.7 Å². The lowest BCUT2D eigenvalue weighted by atomic mass is 10.2. The second-order valence-electron chi connectivity index (χ2n) is 6.40. The number of benzene rings is 1. The molecule has 0 unspecified atom stereocenters. The van der Waals surface area contributed by atoms with E-state index in [-0.39, 0.29) is 12.6 Å². The highest BCUT2D eigenvalue weighted by Crippen LogP contribution is 2.10. The second kappa shape index (κ2) is 18.1. The smallest absolute Gasteiger partial charge is 0.305 e. The molecule has 0 aliphatic heterocycles. The zero-order valence-corrected chi connectivity index (χ0v) is 17.4. The number of hydrogen-bond donors (Lipinski definition) is 0. The molecule has 1 aromatic carbocycles. The third-order valence-corrected chi connectivity index (χ3v) is 3.98. The van der Waals surface area contributed by atoms with E-state index in [2.05, 4.69) is 6.92 Å². The molecule has 29 heavy (non-hydrogen) atoms. The Morgan fingerprint density at radius 3 is 1.97 bits per heavy atom. The minimum Gasteiger partial charge on any atom is -0.491 e. The van der Waals surface area contributed by atoms with Crippen LogP contribution >= 0.6 is 0 Å². The fraction of sp³-hybridized carbons (Fsp3) is 0.636. The van der Waals surface area contributed by atoms with E-state index in [0.717, 1.165) is 32.0 Å². The maximum Gasteiger partial charge on any atom is 0.305 e. The van der Waals surface area contributed by atoms with Gasteiger partial charge in [-0.1, -0.05) is 26.2 Å². The average Bonchev–Trinajstić information content (AvgIpc) is 2.75. The van der Waals surface area contributed by atoms with E-state index in [1.54, 1.807) is 24.3 Å². The highest BCUT2D eigenvalue weighted by molar-refractivity contribution is 5.74. The number of carbonyl (C=O) groups is 2. The first-order valence-corrected chi connectivity index (χ1v) is 10.3. The van der Waals surface area contributed by atoms with E-state index < -0.39 is 0 Å². The average molecular weight is 411 g/mol. The van der Waals surface area contributed by atoms with Crippen LogP contribution in [0, 0.1) is 0 Å². The number of esters is 1. The summed E-state index contributed by atoms with van der Waals surface area (Å²) in [6.07, 6.45) is 5.57. The van der Waals surface area contributed by atoms with Gasteiger partial charge in [0.25, 0.3) is 0 Å². The minimum absolute atomic E-state index is 0.153. The van der Waals surface area contributed by atoms with Gasteiger partial charge in [0.1, 0.15) is 25.2 Å². The van der Waals surface area contributed by atoms with Crippen molar-refractivity contribution in [1.82, 2.24) is 0 Å². The summed E-state index contributed by atoms with van der Waals surface area (Å²) in [4.78, 5) is 22.0. The summed E-state index contributed by atoms with van der Waals surface area (Å²) in [7, 11) is 0. The Hall–Kier alpha value is -1.96. The van der Waals surface area contributed by atoms with Crippen molar-refractivity contribution >= 4 is 12.3 Å². The highest BCUT2D eigenvalue weighted by Gasteiger charge is 2.02. The van der Waals surface area contributed by atoms with Crippen LogP contribution in [0.1, 0.15) is 49.4 Å². The number of hydrogen-bond acceptors (Lipinski definition) is 7. The Balaban J connectivity index is 1.79. The molecule has 0 atom stereocenters. The molecule has 0 spiro atoms. The first-order chi connectivity index (χ1) is 14.3. The topological polar surface area (TPSA) is 80.3 Å². The fourth-order valence-electron chi connectivity index (χ4n) is 2.39. The number of rotatable bonds is 19. The molecule has 0 amide bonds. The van der Waals surface area contributed by atoms with E-state index in [1.165, 1.54) is 0 Å². The largest absolute Gasteiger partial charge is 0.491 e. The van der Waals surface area contributed by atoms with Gasteiger partial charge in [0, 0.05) is 12.0 Å². The number of aldehydes is 1. The maximum atomic E-state index is 11.5. The molecule has 0 fully saturated rings. The minimum atomic E-state index is -0.153. The predicted octanol–water partition coefficient (Wildman–Crippen LogP) is 3.44. The number of carbonyl (C=O) groups excluding carboxylic acids is 2. The summed E-state index contributed by atoms with van der Waals surface area (Å²) >= 11 is 0. The Morgan fingerprint density at radius 1 is 0.793 bits per heavy atom. The van der Waals surface area contributed by atoms with Crippen molar-refractivity contribution in [3.8, 4) is 5.75 Å². The molecule has 0 N–H and O–H groups in total. The van der Waals surface area contributed by atoms with Crippen LogP contribution in [0.5, 0.6) is 5.75 Å². The first kappa shape index (κ1) is 25.1. The van der Waals surface area contributed by atoms with Crippen LogP contribution in [0.25, 0.3) is 0 Å². The van der Waals surface area contributed by atoms with Gasteiger partial charge in [0.05, 0.1) is 39.6 Å². The lowest BCUT2D eigenvalue weighted by molar-refractivity contribution is -0.145. The fourth-order valence-corrected chi connectivity index (χ4v) is 2.39. The van der Waals surface area contributed by atoms with E-state index in [9.17, 15) is 9.59 Å². The van der Waals surface area contributed by atoms with Crippen LogP contribution in [0.2, 0.25) is 0 Å². The van der Waals surface area contributed by atoms with Gasteiger partial charge in [0.2, 0.25) is 0 Å². The van der Waals surface area contributed by atoms with E-state index in [4.69, 9.17) is 23.7 Å². The molecule has 7 heteroatoms. The summed E-state index contributed by atoms with van der Waals surface area (Å²) in [6.45, 7) is 5.57. The summed E-state index contributed by atoms with van der Waals surface area (Å²) in [5.74, 6) is 0.551. The Labute approximate surface area is 173 Å². The zero-order chi connectivity index (χ0) is 21.0. The second-order valence-corrected chi connectivity index (χ2v) is 6.40. The van der Waals surface area contributed by atoms with E-state index >= 15 is 0 Å².